The number of nitrogens with zero attached hydrogens (tertiary/aromatic N) is 4. The van der Waals surface area contributed by atoms with Crippen molar-refractivity contribution in [2.45, 2.75) is 148 Å². The molecule has 0 spiro atoms. The molecule has 12 heteroatoms. The van der Waals surface area contributed by atoms with Crippen molar-refractivity contribution in [2.75, 3.05) is 53.5 Å². The van der Waals surface area contributed by atoms with E-state index < -0.39 is 19.7 Å². The van der Waals surface area contributed by atoms with Crippen LogP contribution in [-0.4, -0.2) is 114 Å². The van der Waals surface area contributed by atoms with E-state index in [-0.39, 0.29) is 21.9 Å². The molecule has 10 nitrogen and oxygen atoms in total. The van der Waals surface area contributed by atoms with Crippen LogP contribution in [0.1, 0.15) is 115 Å². The molecule has 2 saturated heterocycles. The zero-order valence-electron chi connectivity index (χ0n) is 39.1. The summed E-state index contributed by atoms with van der Waals surface area (Å²) in [6, 6.07) is 31.0. The predicted octanol–water partition coefficient (Wildman–Crippen LogP) is 9.86. The van der Waals surface area contributed by atoms with Gasteiger partial charge in [0.1, 0.15) is 11.5 Å². The van der Waals surface area contributed by atoms with Crippen molar-refractivity contribution in [3.8, 4) is 11.5 Å². The Labute approximate surface area is 384 Å². The first-order valence-corrected chi connectivity index (χ1v) is 26.7. The van der Waals surface area contributed by atoms with Gasteiger partial charge in [-0.2, -0.15) is 0 Å². The molecule has 2 aliphatic carbocycles. The Morgan fingerprint density at radius 2 is 0.750 bits per heavy atom. The van der Waals surface area contributed by atoms with Gasteiger partial charge >= 0.3 is 0 Å². The maximum atomic E-state index is 13.0. The summed E-state index contributed by atoms with van der Waals surface area (Å²) in [4.78, 5) is 11.8. The first kappa shape index (κ1) is 48.2. The Morgan fingerprint density at radius 3 is 1.03 bits per heavy atom. The summed E-state index contributed by atoms with van der Waals surface area (Å²) in [5, 5.41) is 0. The van der Waals surface area contributed by atoms with Crippen LogP contribution in [-0.2, 0) is 19.7 Å². The van der Waals surface area contributed by atoms with Crippen LogP contribution in [0.2, 0.25) is 0 Å². The van der Waals surface area contributed by atoms with E-state index in [1.807, 2.05) is 24.3 Å². The second-order valence-electron chi connectivity index (χ2n) is 18.6. The van der Waals surface area contributed by atoms with Gasteiger partial charge in [0.2, 0.25) is 19.7 Å². The first-order chi connectivity index (χ1) is 30.8. The Hall–Kier alpha value is -3.78. The van der Waals surface area contributed by atoms with Gasteiger partial charge < -0.3 is 9.47 Å². The summed E-state index contributed by atoms with van der Waals surface area (Å²) in [7, 11) is -3.94. The molecule has 64 heavy (non-hydrogen) atoms. The maximum absolute atomic E-state index is 13.0. The van der Waals surface area contributed by atoms with Crippen LogP contribution in [0.25, 0.3) is 0 Å². The van der Waals surface area contributed by atoms with Gasteiger partial charge in [0, 0.05) is 75.5 Å². The Balaban J connectivity index is 0.000000191. The van der Waals surface area contributed by atoms with Crippen LogP contribution in [0.5, 0.6) is 11.5 Å². The third-order valence-corrected chi connectivity index (χ3v) is 18.3. The molecule has 4 aromatic rings. The van der Waals surface area contributed by atoms with Crippen LogP contribution in [0.15, 0.2) is 117 Å². The molecule has 0 radical (unpaired) electrons. The number of sulfone groups is 2. The summed E-state index contributed by atoms with van der Waals surface area (Å²) in [6.45, 7) is 15.8. The average Bonchev–Trinajstić information content (AvgIpc) is 3.34. The number of hydrogen-bond acceptors (Lipinski definition) is 10. The summed E-state index contributed by atoms with van der Waals surface area (Å²) in [5.74, 6) is 1.29. The number of hydrogen-bond donors (Lipinski definition) is 0. The zero-order valence-corrected chi connectivity index (χ0v) is 40.7. The summed E-state index contributed by atoms with van der Waals surface area (Å²) in [6.07, 6.45) is 13.7. The van der Waals surface area contributed by atoms with Crippen LogP contribution in [0.3, 0.4) is 0 Å². The lowest BCUT2D eigenvalue weighted by molar-refractivity contribution is 0.0225. The average molecular weight is 913 g/mol. The number of benzene rings is 4. The monoisotopic (exact) mass is 912 g/mol. The van der Waals surface area contributed by atoms with Crippen molar-refractivity contribution >= 4 is 19.7 Å². The molecular weight excluding hydrogens is 841 g/mol. The van der Waals surface area contributed by atoms with Crippen molar-refractivity contribution in [3.63, 3.8) is 0 Å². The van der Waals surface area contributed by atoms with E-state index >= 15 is 0 Å². The minimum absolute atomic E-state index is 0.260. The molecule has 2 saturated carbocycles. The highest BCUT2D eigenvalue weighted by Gasteiger charge is 2.34. The molecular formula is C52H72N4O6S2. The largest absolute Gasteiger partial charge is 0.497 e. The number of rotatable bonds is 12. The second-order valence-corrected chi connectivity index (χ2v) is 22.5. The summed E-state index contributed by atoms with van der Waals surface area (Å²) < 4.78 is 62.3. The van der Waals surface area contributed by atoms with E-state index in [9.17, 15) is 16.8 Å². The van der Waals surface area contributed by atoms with Gasteiger partial charge in [0.25, 0.3) is 0 Å². The number of methoxy groups -OCH3 is 2. The fourth-order valence-electron chi connectivity index (χ4n) is 10.7. The standard InChI is InChI=1S/2C26H36N2O3S/c2*1-20-19-27(23-7-5-4-6-8-23)17-18-28(20)21(2)22-9-13-25(14-10-22)32(29,30)26-15-11-24(31-3)12-16-26/h2*9-16,20-21,23H,4-8,17-19H2,1-3H3. The third-order valence-electron chi connectivity index (χ3n) is 14.7. The van der Waals surface area contributed by atoms with Crippen LogP contribution < -0.4 is 9.47 Å². The van der Waals surface area contributed by atoms with Crippen molar-refractivity contribution < 1.29 is 26.3 Å². The molecule has 0 amide bonds. The van der Waals surface area contributed by atoms with Gasteiger partial charge in [-0.25, -0.2) is 16.8 Å². The highest BCUT2D eigenvalue weighted by atomic mass is 32.2. The highest BCUT2D eigenvalue weighted by molar-refractivity contribution is 7.91. The van der Waals surface area contributed by atoms with Crippen LogP contribution >= 0.6 is 0 Å². The van der Waals surface area contributed by atoms with Gasteiger partial charge in [0.15, 0.2) is 0 Å². The molecule has 0 bridgehead atoms. The lowest BCUT2D eigenvalue weighted by Gasteiger charge is -2.46. The second kappa shape index (κ2) is 21.7. The van der Waals surface area contributed by atoms with Crippen molar-refractivity contribution in [3.05, 3.63) is 108 Å². The smallest absolute Gasteiger partial charge is 0.206 e. The maximum Gasteiger partial charge on any atom is 0.206 e. The molecule has 2 heterocycles. The number of piperazine rings is 2. The van der Waals surface area contributed by atoms with E-state index in [4.69, 9.17) is 9.47 Å². The molecule has 4 unspecified atom stereocenters. The fraction of sp³-hybridized carbons (Fsp3) is 0.538. The van der Waals surface area contributed by atoms with E-state index in [1.54, 1.807) is 87.0 Å². The van der Waals surface area contributed by atoms with Gasteiger partial charge in [-0.15, -0.1) is 0 Å². The topological polar surface area (TPSA) is 99.7 Å². The SMILES string of the molecule is COc1ccc(S(=O)(=O)c2ccc(C(C)N3CCN(C4CCCCC4)CC3C)cc2)cc1.COc1ccc(S(=O)(=O)c2ccc(C(C)N3CCN(C4CCCCC4)CC3C)cc2)cc1. The third kappa shape index (κ3) is 11.2. The summed E-state index contributed by atoms with van der Waals surface area (Å²) in [5.41, 5.74) is 2.33. The van der Waals surface area contributed by atoms with Gasteiger partial charge in [0.05, 0.1) is 33.8 Å². The predicted molar refractivity (Wildman–Crippen MR) is 256 cm³/mol. The molecule has 4 fully saturated rings. The Kier molecular flexibility index (Phi) is 16.3. The van der Waals surface area contributed by atoms with E-state index in [0.29, 0.717) is 33.4 Å². The van der Waals surface area contributed by atoms with E-state index in [1.165, 1.54) is 64.2 Å². The molecule has 0 N–H and O–H groups in total. The first-order valence-electron chi connectivity index (χ1n) is 23.8. The minimum atomic E-state index is -3.54. The number of ether oxygens (including phenoxy) is 2. The normalized spacial score (nSPS) is 22.5. The molecule has 0 aromatic heterocycles. The van der Waals surface area contributed by atoms with Crippen LogP contribution in [0.4, 0.5) is 0 Å². The molecule has 4 aliphatic rings. The van der Waals surface area contributed by atoms with Gasteiger partial charge in [-0.3, -0.25) is 19.6 Å². The lowest BCUT2D eigenvalue weighted by Crippen LogP contribution is -2.55. The van der Waals surface area contributed by atoms with E-state index in [0.717, 1.165) is 62.5 Å². The molecule has 4 aromatic carbocycles. The highest BCUT2D eigenvalue weighted by Crippen LogP contribution is 2.33. The fourth-order valence-corrected chi connectivity index (χ4v) is 13.2. The molecule has 4 atom stereocenters. The quantitative estimate of drug-likeness (QED) is 0.137. The summed E-state index contributed by atoms with van der Waals surface area (Å²) >= 11 is 0. The van der Waals surface area contributed by atoms with E-state index in [2.05, 4.69) is 47.3 Å². The Bertz CT molecular complexity index is 2130. The lowest BCUT2D eigenvalue weighted by atomic mass is 9.93. The van der Waals surface area contributed by atoms with Gasteiger partial charge in [-0.1, -0.05) is 62.8 Å². The van der Waals surface area contributed by atoms with Crippen molar-refractivity contribution in [1.82, 2.24) is 19.6 Å². The van der Waals surface area contributed by atoms with Crippen LogP contribution in [0, 0.1) is 0 Å². The molecule has 2 aliphatic heterocycles. The van der Waals surface area contributed by atoms with Crippen molar-refractivity contribution in [1.29, 1.82) is 0 Å². The minimum Gasteiger partial charge on any atom is -0.497 e. The zero-order chi connectivity index (χ0) is 45.4. The molecule has 8 rings (SSSR count). The molecule has 348 valence electrons. The van der Waals surface area contributed by atoms with Crippen molar-refractivity contribution in [2.24, 2.45) is 0 Å². The Morgan fingerprint density at radius 1 is 0.453 bits per heavy atom. The van der Waals surface area contributed by atoms with Gasteiger partial charge in [-0.05, 0) is 137 Å².